The first-order valence-electron chi connectivity index (χ1n) is 5.66. The summed E-state index contributed by atoms with van der Waals surface area (Å²) in [5.41, 5.74) is -0.578. The first-order valence-corrected chi connectivity index (χ1v) is 7.16. The van der Waals surface area contributed by atoms with Gasteiger partial charge < -0.3 is 9.72 Å². The number of carbonyl (C=O) groups is 1. The maximum Gasteiger partial charge on any atom is 0.339 e. The van der Waals surface area contributed by atoms with E-state index in [1.165, 1.54) is 13.0 Å². The number of fused-ring (bicyclic) bond motifs is 1. The van der Waals surface area contributed by atoms with Gasteiger partial charge in [0.25, 0.3) is 0 Å². The average Bonchev–Trinajstić information content (AvgIpc) is 2.81. The Hall–Kier alpha value is 1.41. The van der Waals surface area contributed by atoms with E-state index in [1.54, 1.807) is 18.3 Å². The van der Waals surface area contributed by atoms with E-state index in [2.05, 4.69) is 4.98 Å². The molecule has 0 aliphatic heterocycles. The number of aromatic nitrogens is 1. The Labute approximate surface area is 208 Å². The molecule has 6 nitrogen and oxygen atoms in total. The predicted octanol–water partition coefficient (Wildman–Crippen LogP) is 1.19. The summed E-state index contributed by atoms with van der Waals surface area (Å²) >= 11 is 0. The van der Waals surface area contributed by atoms with Crippen molar-refractivity contribution < 1.29 is 22.5 Å². The molecule has 0 spiro atoms. The number of ether oxygens (including phenoxy) is 1. The summed E-state index contributed by atoms with van der Waals surface area (Å²) in [6, 6.07) is 6.66. The molecule has 0 bridgehead atoms. The third kappa shape index (κ3) is 6.09. The summed E-state index contributed by atoms with van der Waals surface area (Å²) in [7, 11) is -4.40. The number of esters is 1. The largest absolute Gasteiger partial charge is 0.440 e. The van der Waals surface area contributed by atoms with E-state index in [0.29, 0.717) is 0 Å². The van der Waals surface area contributed by atoms with Crippen LogP contribution in [0, 0.1) is 0 Å². The Kier molecular flexibility index (Phi) is 10.3. The number of aromatic amines is 1. The van der Waals surface area contributed by atoms with Crippen LogP contribution in [0.2, 0.25) is 0 Å². The number of nitrogens with one attached hydrogen (secondary N) is 1. The smallest absolute Gasteiger partial charge is 0.339 e. The Morgan fingerprint density at radius 2 is 2.00 bits per heavy atom. The zero-order valence-electron chi connectivity index (χ0n) is 12.2. The van der Waals surface area contributed by atoms with Gasteiger partial charge in [-0.25, -0.2) is 4.79 Å². The molecule has 1 aromatic heterocycles. The van der Waals surface area contributed by atoms with Gasteiger partial charge in [-0.1, -0.05) is 13.0 Å². The summed E-state index contributed by atoms with van der Waals surface area (Å²) in [5.74, 6) is -0.791. The SMILES string of the molecule is CCC(OC(=O)c1ccc2cc[nH]c2c1)S(=O)(=O)O.[K].[K]. The van der Waals surface area contributed by atoms with E-state index in [4.69, 9.17) is 9.29 Å². The minimum atomic E-state index is -4.40. The summed E-state index contributed by atoms with van der Waals surface area (Å²) in [6.07, 6.45) is 1.71. The molecule has 1 atom stereocenters. The van der Waals surface area contributed by atoms with Gasteiger partial charge in [0.15, 0.2) is 0 Å². The van der Waals surface area contributed by atoms with Crippen LogP contribution in [0.25, 0.3) is 10.9 Å². The Bertz CT molecular complexity index is 713. The number of rotatable bonds is 4. The molecule has 2 aromatic rings. The van der Waals surface area contributed by atoms with Gasteiger partial charge in [0.1, 0.15) is 0 Å². The van der Waals surface area contributed by atoms with Crippen LogP contribution in [0.3, 0.4) is 0 Å². The van der Waals surface area contributed by atoms with Gasteiger partial charge in [-0.05, 0) is 30.0 Å². The van der Waals surface area contributed by atoms with Crippen LogP contribution in [-0.2, 0) is 14.9 Å². The third-order valence-corrected chi connectivity index (χ3v) is 3.79. The van der Waals surface area contributed by atoms with Crippen molar-refractivity contribution in [3.8, 4) is 0 Å². The molecule has 0 fully saturated rings. The number of H-pyrrole nitrogens is 1. The van der Waals surface area contributed by atoms with Crippen molar-refractivity contribution in [1.29, 1.82) is 0 Å². The zero-order valence-corrected chi connectivity index (χ0v) is 19.2. The molecule has 0 aliphatic carbocycles. The van der Waals surface area contributed by atoms with Gasteiger partial charge in [0.2, 0.25) is 5.44 Å². The quantitative estimate of drug-likeness (QED) is 0.484. The van der Waals surface area contributed by atoms with Gasteiger partial charge in [-0.15, -0.1) is 0 Å². The third-order valence-electron chi connectivity index (χ3n) is 2.69. The Morgan fingerprint density at radius 1 is 1.33 bits per heavy atom. The van der Waals surface area contributed by atoms with E-state index in [-0.39, 0.29) is 115 Å². The van der Waals surface area contributed by atoms with Crippen molar-refractivity contribution in [2.24, 2.45) is 0 Å². The maximum absolute atomic E-state index is 11.8. The summed E-state index contributed by atoms with van der Waals surface area (Å²) < 4.78 is 35.6. The molecule has 1 unspecified atom stereocenters. The molecular formula is C12H13K2NO5S. The molecule has 0 saturated carbocycles. The van der Waals surface area contributed by atoms with Crippen molar-refractivity contribution >= 4 is 130 Å². The van der Waals surface area contributed by atoms with Crippen LogP contribution in [0.4, 0.5) is 0 Å². The zero-order chi connectivity index (χ0) is 14.0. The fourth-order valence-corrected chi connectivity index (χ4v) is 2.35. The number of carbonyl (C=O) groups excluding carboxylic acids is 1. The summed E-state index contributed by atoms with van der Waals surface area (Å²) in [4.78, 5) is 14.8. The standard InChI is InChI=1S/C12H13NO5S.2K/c1-2-11(19(15,16)17)18-12(14)9-4-3-8-5-6-13-10(8)7-9;;/h3-7,11,13H,2H2,1H3,(H,15,16,17);;. The van der Waals surface area contributed by atoms with Crippen LogP contribution in [0.1, 0.15) is 23.7 Å². The van der Waals surface area contributed by atoms with E-state index in [1.807, 2.05) is 6.07 Å². The second-order valence-corrected chi connectivity index (χ2v) is 5.59. The van der Waals surface area contributed by atoms with Gasteiger partial charge >= 0.3 is 16.1 Å². The first-order chi connectivity index (χ1) is 8.91. The summed E-state index contributed by atoms with van der Waals surface area (Å²) in [6.45, 7) is 1.50. The molecule has 0 amide bonds. The average molecular weight is 362 g/mol. The van der Waals surface area contributed by atoms with Gasteiger partial charge in [0, 0.05) is 114 Å². The normalized spacial score (nSPS) is 12.1. The van der Waals surface area contributed by atoms with Gasteiger partial charge in [-0.3, -0.25) is 4.55 Å². The molecule has 2 N–H and O–H groups in total. The van der Waals surface area contributed by atoms with Crippen LogP contribution >= 0.6 is 0 Å². The Morgan fingerprint density at radius 3 is 2.57 bits per heavy atom. The predicted molar refractivity (Wildman–Crippen MR) is 80.8 cm³/mol. The van der Waals surface area contributed by atoms with Crippen LogP contribution in [0.5, 0.6) is 0 Å². The van der Waals surface area contributed by atoms with Crippen molar-refractivity contribution in [3.05, 3.63) is 36.0 Å². The fourth-order valence-electron chi connectivity index (χ4n) is 1.72. The molecular weight excluding hydrogens is 348 g/mol. The van der Waals surface area contributed by atoms with Gasteiger partial charge in [0.05, 0.1) is 5.56 Å². The van der Waals surface area contributed by atoms with E-state index < -0.39 is 21.5 Å². The molecule has 2 radical (unpaired) electrons. The fraction of sp³-hybridized carbons (Fsp3) is 0.250. The van der Waals surface area contributed by atoms with Crippen molar-refractivity contribution in [3.63, 3.8) is 0 Å². The van der Waals surface area contributed by atoms with Crippen LogP contribution < -0.4 is 0 Å². The van der Waals surface area contributed by atoms with Gasteiger partial charge in [-0.2, -0.15) is 8.42 Å². The van der Waals surface area contributed by atoms with Crippen molar-refractivity contribution in [1.82, 2.24) is 4.98 Å². The number of hydrogen-bond acceptors (Lipinski definition) is 4. The van der Waals surface area contributed by atoms with Crippen LogP contribution in [-0.4, -0.2) is 132 Å². The van der Waals surface area contributed by atoms with Crippen molar-refractivity contribution in [2.45, 2.75) is 18.8 Å². The minimum absolute atomic E-state index is 0. The monoisotopic (exact) mass is 361 g/mol. The first kappa shape index (κ1) is 22.4. The van der Waals surface area contributed by atoms with Crippen LogP contribution in [0.15, 0.2) is 30.5 Å². The van der Waals surface area contributed by atoms with Crippen molar-refractivity contribution in [2.75, 3.05) is 0 Å². The second kappa shape index (κ2) is 9.65. The molecule has 2 rings (SSSR count). The molecule has 104 valence electrons. The molecule has 1 heterocycles. The molecule has 9 heteroatoms. The topological polar surface area (TPSA) is 96.5 Å². The maximum atomic E-state index is 11.8. The van der Waals surface area contributed by atoms with E-state index in [0.717, 1.165) is 10.9 Å². The molecule has 1 aromatic carbocycles. The minimum Gasteiger partial charge on any atom is -0.440 e. The number of benzene rings is 1. The second-order valence-electron chi connectivity index (χ2n) is 4.04. The number of hydrogen-bond donors (Lipinski definition) is 2. The Balaban J connectivity index is 0.00000200. The van der Waals surface area contributed by atoms with E-state index in [9.17, 15) is 13.2 Å². The molecule has 0 aliphatic rings. The molecule has 0 saturated heterocycles. The van der Waals surface area contributed by atoms with E-state index >= 15 is 0 Å². The molecule has 21 heavy (non-hydrogen) atoms. The summed E-state index contributed by atoms with van der Waals surface area (Å²) in [5, 5.41) is 0.929.